The third kappa shape index (κ3) is 5.30. The summed E-state index contributed by atoms with van der Waals surface area (Å²) >= 11 is 0. The molecule has 0 saturated carbocycles. The number of H-pyrrole nitrogens is 1. The van der Waals surface area contributed by atoms with Crippen molar-refractivity contribution >= 4 is 27.7 Å². The highest BCUT2D eigenvalue weighted by molar-refractivity contribution is 6.07. The van der Waals surface area contributed by atoms with Crippen LogP contribution < -0.4 is 5.56 Å². The maximum atomic E-state index is 13.8. The smallest absolute Gasteiger partial charge is 0.259 e. The molecule has 3 aromatic rings. The number of carbonyl (C=O) groups excluding carboxylic acids is 1. The zero-order valence-corrected chi connectivity index (χ0v) is 22.3. The molecular weight excluding hydrogens is 470 g/mol. The third-order valence-corrected chi connectivity index (χ3v) is 7.92. The molecule has 9 heteroatoms. The Hall–Kier alpha value is -2.75. The first-order valence-electron chi connectivity index (χ1n) is 13.7. The average Bonchev–Trinajstić information content (AvgIpc) is 3.35. The summed E-state index contributed by atoms with van der Waals surface area (Å²) in [7, 11) is 0. The zero-order chi connectivity index (χ0) is 25.9. The zero-order valence-electron chi connectivity index (χ0n) is 22.3. The van der Waals surface area contributed by atoms with E-state index in [1.807, 2.05) is 35.6 Å². The van der Waals surface area contributed by atoms with Crippen LogP contribution in [-0.4, -0.2) is 89.1 Å². The van der Waals surface area contributed by atoms with Gasteiger partial charge in [0.05, 0.1) is 28.7 Å². The van der Waals surface area contributed by atoms with Crippen LogP contribution in [0.25, 0.3) is 21.8 Å². The molecule has 1 atom stereocenters. The number of ether oxygens (including phenoxy) is 2. The number of aromatic amines is 1. The minimum atomic E-state index is -0.148. The largest absolute Gasteiger partial charge is 0.382 e. The number of benzene rings is 1. The summed E-state index contributed by atoms with van der Waals surface area (Å²) in [5.41, 5.74) is 2.97. The van der Waals surface area contributed by atoms with Gasteiger partial charge in [-0.15, -0.1) is 0 Å². The molecule has 1 aromatic carbocycles. The van der Waals surface area contributed by atoms with E-state index in [0.717, 1.165) is 74.0 Å². The van der Waals surface area contributed by atoms with E-state index in [0.29, 0.717) is 43.3 Å². The summed E-state index contributed by atoms with van der Waals surface area (Å²) in [4.78, 5) is 34.1. The molecule has 1 amide bonds. The van der Waals surface area contributed by atoms with Gasteiger partial charge in [-0.1, -0.05) is 0 Å². The number of hydrogen-bond acceptors (Lipinski definition) is 6. The minimum Gasteiger partial charge on any atom is -0.382 e. The number of unbranched alkanes of at least 4 members (excludes halogenated alkanes) is 1. The molecule has 2 aliphatic rings. The lowest BCUT2D eigenvalue weighted by atomic mass is 10.0. The molecule has 0 radical (unpaired) electrons. The number of carbonyl (C=O) groups is 1. The second kappa shape index (κ2) is 11.3. The minimum absolute atomic E-state index is 0.0544. The number of piperazine rings is 1. The Balaban J connectivity index is 1.39. The van der Waals surface area contributed by atoms with E-state index < -0.39 is 0 Å². The van der Waals surface area contributed by atoms with Crippen molar-refractivity contribution in [3.8, 4) is 0 Å². The fourth-order valence-electron chi connectivity index (χ4n) is 5.78. The molecule has 0 unspecified atom stereocenters. The van der Waals surface area contributed by atoms with E-state index in [1.165, 1.54) is 0 Å². The number of pyridine rings is 1. The van der Waals surface area contributed by atoms with Crippen LogP contribution in [0.15, 0.2) is 23.1 Å². The van der Waals surface area contributed by atoms with Crippen molar-refractivity contribution in [3.05, 3.63) is 39.8 Å². The Bertz CT molecular complexity index is 1310. The highest BCUT2D eigenvalue weighted by Gasteiger charge is 2.28. The monoisotopic (exact) mass is 509 g/mol. The van der Waals surface area contributed by atoms with Crippen LogP contribution in [0.5, 0.6) is 0 Å². The van der Waals surface area contributed by atoms with E-state index >= 15 is 0 Å². The molecular formula is C28H39N5O4. The maximum Gasteiger partial charge on any atom is 0.259 e. The molecule has 2 fully saturated rings. The van der Waals surface area contributed by atoms with Gasteiger partial charge < -0.3 is 19.4 Å². The van der Waals surface area contributed by atoms with Gasteiger partial charge in [0.1, 0.15) is 0 Å². The molecule has 9 nitrogen and oxygen atoms in total. The number of nitrogens with zero attached hydrogens (tertiary/aromatic N) is 4. The summed E-state index contributed by atoms with van der Waals surface area (Å²) in [6.45, 7) is 12.5. The van der Waals surface area contributed by atoms with Crippen LogP contribution in [0.3, 0.4) is 0 Å². The first kappa shape index (κ1) is 25.9. The molecule has 0 spiro atoms. The number of nitrogens with one attached hydrogen (secondary N) is 1. The standard InChI is InChI=1S/C28H39N5O4/c1-4-36-12-6-5-9-31-10-11-32(18-20(31)3)28(35)22-16-23-25(15-19(22)2)30-27(34)24-17-29-33(26(23)24)21-7-13-37-14-8-21/h15-17,20-21H,4-14,18H2,1-3H3,(H,30,34)/t20-/m1/s1. The molecule has 0 aliphatic carbocycles. The quantitative estimate of drug-likeness (QED) is 0.467. The van der Waals surface area contributed by atoms with Crippen LogP contribution >= 0.6 is 0 Å². The summed E-state index contributed by atoms with van der Waals surface area (Å²) in [6.07, 6.45) is 5.54. The van der Waals surface area contributed by atoms with Gasteiger partial charge in [-0.25, -0.2) is 0 Å². The van der Waals surface area contributed by atoms with Gasteiger partial charge >= 0.3 is 0 Å². The highest BCUT2D eigenvalue weighted by atomic mass is 16.5. The molecule has 4 heterocycles. The molecule has 2 saturated heterocycles. The number of fused-ring (bicyclic) bond motifs is 3. The van der Waals surface area contributed by atoms with Crippen molar-refractivity contribution in [2.75, 3.05) is 52.6 Å². The van der Waals surface area contributed by atoms with Crippen molar-refractivity contribution in [2.24, 2.45) is 0 Å². The fourth-order valence-corrected chi connectivity index (χ4v) is 5.78. The summed E-state index contributed by atoms with van der Waals surface area (Å²) < 4.78 is 13.0. The summed E-state index contributed by atoms with van der Waals surface area (Å²) in [5.74, 6) is 0.0544. The lowest BCUT2D eigenvalue weighted by molar-refractivity contribution is 0.0502. The van der Waals surface area contributed by atoms with E-state index in [1.54, 1.807) is 6.20 Å². The number of rotatable bonds is 8. The Kier molecular flexibility index (Phi) is 7.92. The first-order chi connectivity index (χ1) is 18.0. The van der Waals surface area contributed by atoms with Crippen molar-refractivity contribution in [1.29, 1.82) is 0 Å². The van der Waals surface area contributed by atoms with Gasteiger partial charge in [0.15, 0.2) is 0 Å². The lowest BCUT2D eigenvalue weighted by Gasteiger charge is -2.40. The Morgan fingerprint density at radius 1 is 1.19 bits per heavy atom. The van der Waals surface area contributed by atoms with Gasteiger partial charge in [-0.05, 0) is 70.7 Å². The normalized spacial score (nSPS) is 19.8. The molecule has 2 aliphatic heterocycles. The van der Waals surface area contributed by atoms with E-state index in [4.69, 9.17) is 9.47 Å². The molecule has 0 bridgehead atoms. The van der Waals surface area contributed by atoms with Crippen LogP contribution in [-0.2, 0) is 9.47 Å². The van der Waals surface area contributed by atoms with Crippen LogP contribution in [0.4, 0.5) is 0 Å². The predicted octanol–water partition coefficient (Wildman–Crippen LogP) is 3.50. The van der Waals surface area contributed by atoms with Crippen molar-refractivity contribution < 1.29 is 14.3 Å². The molecule has 37 heavy (non-hydrogen) atoms. The Morgan fingerprint density at radius 3 is 2.76 bits per heavy atom. The second-order valence-corrected chi connectivity index (χ2v) is 10.4. The Morgan fingerprint density at radius 2 is 2.00 bits per heavy atom. The molecule has 200 valence electrons. The van der Waals surface area contributed by atoms with E-state index in [9.17, 15) is 9.59 Å². The fraction of sp³-hybridized carbons (Fsp3) is 0.607. The van der Waals surface area contributed by atoms with E-state index in [-0.39, 0.29) is 17.5 Å². The van der Waals surface area contributed by atoms with Gasteiger partial charge in [0.2, 0.25) is 0 Å². The highest BCUT2D eigenvalue weighted by Crippen LogP contribution is 2.30. The maximum absolute atomic E-state index is 13.8. The molecule has 1 N–H and O–H groups in total. The number of hydrogen-bond donors (Lipinski definition) is 1. The summed E-state index contributed by atoms with van der Waals surface area (Å²) in [5, 5.41) is 6.04. The predicted molar refractivity (Wildman–Crippen MR) is 144 cm³/mol. The topological polar surface area (TPSA) is 92.7 Å². The van der Waals surface area contributed by atoms with Crippen molar-refractivity contribution in [1.82, 2.24) is 24.6 Å². The van der Waals surface area contributed by atoms with Gasteiger partial charge in [0, 0.05) is 63.1 Å². The van der Waals surface area contributed by atoms with Gasteiger partial charge in [-0.3, -0.25) is 19.2 Å². The summed E-state index contributed by atoms with van der Waals surface area (Å²) in [6, 6.07) is 4.39. The third-order valence-electron chi connectivity index (χ3n) is 7.92. The van der Waals surface area contributed by atoms with Crippen LogP contribution in [0, 0.1) is 6.92 Å². The van der Waals surface area contributed by atoms with Crippen molar-refractivity contribution in [2.45, 2.75) is 58.5 Å². The SMILES string of the molecule is CCOCCCCN1CCN(C(=O)c2cc3c(cc2C)[nH]c(=O)c2cnn(C4CCOCC4)c23)C[C@H]1C. The number of aryl methyl sites for hydroxylation is 1. The first-order valence-corrected chi connectivity index (χ1v) is 13.7. The van der Waals surface area contributed by atoms with Gasteiger partial charge in [0.25, 0.3) is 11.5 Å². The number of aromatic nitrogens is 3. The van der Waals surface area contributed by atoms with Crippen LogP contribution in [0.2, 0.25) is 0 Å². The Labute approximate surface area is 217 Å². The van der Waals surface area contributed by atoms with Crippen molar-refractivity contribution in [3.63, 3.8) is 0 Å². The average molecular weight is 510 g/mol. The van der Waals surface area contributed by atoms with E-state index in [2.05, 4.69) is 21.9 Å². The molecule has 5 rings (SSSR count). The second-order valence-electron chi connectivity index (χ2n) is 10.4. The lowest BCUT2D eigenvalue weighted by Crippen LogP contribution is -2.53. The van der Waals surface area contributed by atoms with Gasteiger partial charge in [-0.2, -0.15) is 5.10 Å². The molecule has 2 aromatic heterocycles. The van der Waals surface area contributed by atoms with Crippen LogP contribution in [0.1, 0.15) is 61.5 Å². The number of amides is 1.